The lowest BCUT2D eigenvalue weighted by Crippen LogP contribution is -2.31. The molecule has 4 rings (SSSR count). The smallest absolute Gasteiger partial charge is 0.280 e. The van der Waals surface area contributed by atoms with E-state index in [0.29, 0.717) is 18.3 Å². The van der Waals surface area contributed by atoms with E-state index >= 15 is 0 Å². The van der Waals surface area contributed by atoms with E-state index in [1.54, 1.807) is 22.4 Å². The number of hydrogen-bond donors (Lipinski definition) is 1. The maximum Gasteiger partial charge on any atom is 0.280 e. The van der Waals surface area contributed by atoms with Crippen molar-refractivity contribution >= 4 is 35.3 Å². The fraction of sp³-hybridized carbons (Fsp3) is 0.316. The van der Waals surface area contributed by atoms with Crippen molar-refractivity contribution in [3.8, 4) is 0 Å². The SMILES string of the molecule is Cl.O=C(c1cn(C2CCNCC2)nn1)N(Cc1ccsc1)c1ccccc1. The van der Waals surface area contributed by atoms with Gasteiger partial charge in [-0.2, -0.15) is 11.3 Å². The van der Waals surface area contributed by atoms with Gasteiger partial charge in [0.25, 0.3) is 5.91 Å². The minimum atomic E-state index is -0.123. The topological polar surface area (TPSA) is 63.1 Å². The summed E-state index contributed by atoms with van der Waals surface area (Å²) in [5.74, 6) is -0.123. The van der Waals surface area contributed by atoms with Gasteiger partial charge >= 0.3 is 0 Å². The van der Waals surface area contributed by atoms with Crippen molar-refractivity contribution in [2.75, 3.05) is 18.0 Å². The molecule has 0 atom stereocenters. The van der Waals surface area contributed by atoms with E-state index in [0.717, 1.165) is 37.2 Å². The van der Waals surface area contributed by atoms with Gasteiger partial charge in [0.2, 0.25) is 0 Å². The third-order valence-electron chi connectivity index (χ3n) is 4.65. The van der Waals surface area contributed by atoms with Crippen molar-refractivity contribution in [2.45, 2.75) is 25.4 Å². The maximum atomic E-state index is 13.2. The number of nitrogens with zero attached hydrogens (tertiary/aromatic N) is 4. The third-order valence-corrected chi connectivity index (χ3v) is 5.38. The van der Waals surface area contributed by atoms with E-state index in [2.05, 4.69) is 21.0 Å². The number of para-hydroxylation sites is 1. The van der Waals surface area contributed by atoms with Crippen LogP contribution in [0.4, 0.5) is 5.69 Å². The fourth-order valence-corrected chi connectivity index (χ4v) is 3.88. The summed E-state index contributed by atoms with van der Waals surface area (Å²) in [7, 11) is 0. The van der Waals surface area contributed by atoms with Gasteiger partial charge in [-0.3, -0.25) is 4.79 Å². The van der Waals surface area contributed by atoms with E-state index in [1.807, 2.05) is 46.5 Å². The number of carbonyl (C=O) groups is 1. The Labute approximate surface area is 168 Å². The molecule has 1 aliphatic heterocycles. The quantitative estimate of drug-likeness (QED) is 0.707. The molecule has 2 aromatic heterocycles. The van der Waals surface area contributed by atoms with Crippen LogP contribution in [0.5, 0.6) is 0 Å². The normalized spacial score (nSPS) is 14.5. The van der Waals surface area contributed by atoms with Crippen LogP contribution < -0.4 is 10.2 Å². The first-order chi connectivity index (χ1) is 12.8. The van der Waals surface area contributed by atoms with E-state index in [-0.39, 0.29) is 18.3 Å². The minimum Gasteiger partial charge on any atom is -0.317 e. The number of carbonyl (C=O) groups excluding carboxylic acids is 1. The number of rotatable bonds is 5. The molecule has 1 saturated heterocycles. The maximum absolute atomic E-state index is 13.2. The average molecular weight is 404 g/mol. The third kappa shape index (κ3) is 4.55. The lowest BCUT2D eigenvalue weighted by atomic mass is 10.1. The number of amides is 1. The number of nitrogens with one attached hydrogen (secondary N) is 1. The van der Waals surface area contributed by atoms with Gasteiger partial charge in [0.15, 0.2) is 5.69 Å². The highest BCUT2D eigenvalue weighted by atomic mass is 35.5. The van der Waals surface area contributed by atoms with Crippen molar-refractivity contribution in [2.24, 2.45) is 0 Å². The fourth-order valence-electron chi connectivity index (χ4n) is 3.22. The largest absolute Gasteiger partial charge is 0.317 e. The number of aromatic nitrogens is 3. The van der Waals surface area contributed by atoms with Gasteiger partial charge in [0.05, 0.1) is 18.8 Å². The van der Waals surface area contributed by atoms with E-state index in [9.17, 15) is 4.79 Å². The van der Waals surface area contributed by atoms with Crippen molar-refractivity contribution in [1.29, 1.82) is 0 Å². The molecule has 3 heterocycles. The van der Waals surface area contributed by atoms with Crippen LogP contribution in [0.15, 0.2) is 53.4 Å². The van der Waals surface area contributed by atoms with Gasteiger partial charge in [0, 0.05) is 5.69 Å². The van der Waals surface area contributed by atoms with Crippen molar-refractivity contribution < 1.29 is 4.79 Å². The lowest BCUT2D eigenvalue weighted by Gasteiger charge is -2.22. The van der Waals surface area contributed by atoms with Crippen molar-refractivity contribution in [1.82, 2.24) is 20.3 Å². The summed E-state index contributed by atoms with van der Waals surface area (Å²) < 4.78 is 1.85. The first-order valence-corrected chi connectivity index (χ1v) is 9.76. The first-order valence-electron chi connectivity index (χ1n) is 8.82. The standard InChI is InChI=1S/C19H21N5OS.ClH/c25-19(18-13-24(22-21-18)17-6-9-20-10-7-17)23(12-15-8-11-26-14-15)16-4-2-1-3-5-16;/h1-5,8,11,13-14,17,20H,6-7,9-10,12H2;1H. The highest BCUT2D eigenvalue weighted by Gasteiger charge is 2.23. The number of hydrogen-bond acceptors (Lipinski definition) is 5. The highest BCUT2D eigenvalue weighted by molar-refractivity contribution is 7.07. The molecule has 8 heteroatoms. The molecule has 1 aromatic carbocycles. The summed E-state index contributed by atoms with van der Waals surface area (Å²) in [6, 6.07) is 12.1. The second-order valence-electron chi connectivity index (χ2n) is 6.42. The van der Waals surface area contributed by atoms with E-state index < -0.39 is 0 Å². The lowest BCUT2D eigenvalue weighted by molar-refractivity contribution is 0.0980. The number of benzene rings is 1. The number of anilines is 1. The van der Waals surface area contributed by atoms with Crippen LogP contribution >= 0.6 is 23.7 Å². The molecular weight excluding hydrogens is 382 g/mol. The first kappa shape index (κ1) is 19.5. The van der Waals surface area contributed by atoms with E-state index in [4.69, 9.17) is 0 Å². The molecule has 3 aromatic rings. The molecule has 0 saturated carbocycles. The Hall–Kier alpha value is -2.22. The predicted molar refractivity (Wildman–Crippen MR) is 110 cm³/mol. The Morgan fingerprint density at radius 2 is 2.00 bits per heavy atom. The molecule has 27 heavy (non-hydrogen) atoms. The molecular formula is C19H22ClN5OS. The summed E-state index contributed by atoms with van der Waals surface area (Å²) in [6.07, 6.45) is 3.81. The molecule has 1 fully saturated rings. The van der Waals surface area contributed by atoms with Gasteiger partial charge in [-0.1, -0.05) is 23.4 Å². The molecule has 1 amide bonds. The number of thiophene rings is 1. The summed E-state index contributed by atoms with van der Waals surface area (Å²) in [5.41, 5.74) is 2.36. The molecule has 0 aliphatic carbocycles. The number of halogens is 1. The molecule has 0 spiro atoms. The van der Waals surface area contributed by atoms with Gasteiger partial charge in [0.1, 0.15) is 0 Å². The molecule has 0 bridgehead atoms. The Bertz CT molecular complexity index is 846. The molecule has 0 unspecified atom stereocenters. The van der Waals surface area contributed by atoms with Crippen LogP contribution in [0.1, 0.15) is 34.9 Å². The van der Waals surface area contributed by atoms with Crippen LogP contribution in [-0.2, 0) is 6.54 Å². The monoisotopic (exact) mass is 403 g/mol. The van der Waals surface area contributed by atoms with Gasteiger partial charge < -0.3 is 10.2 Å². The predicted octanol–water partition coefficient (Wildman–Crippen LogP) is 3.53. The zero-order chi connectivity index (χ0) is 17.8. The highest BCUT2D eigenvalue weighted by Crippen LogP contribution is 2.22. The van der Waals surface area contributed by atoms with Gasteiger partial charge in [-0.15, -0.1) is 17.5 Å². The second kappa shape index (κ2) is 9.12. The zero-order valence-electron chi connectivity index (χ0n) is 14.8. The average Bonchev–Trinajstić information content (AvgIpc) is 3.39. The molecule has 1 aliphatic rings. The molecule has 1 N–H and O–H groups in total. The summed E-state index contributed by atoms with van der Waals surface area (Å²) >= 11 is 1.63. The molecule has 6 nitrogen and oxygen atoms in total. The zero-order valence-corrected chi connectivity index (χ0v) is 16.5. The minimum absolute atomic E-state index is 0. The van der Waals surface area contributed by atoms with Crippen LogP contribution in [0, 0.1) is 0 Å². The summed E-state index contributed by atoms with van der Waals surface area (Å²) in [6.45, 7) is 2.47. The molecule has 0 radical (unpaired) electrons. The van der Waals surface area contributed by atoms with Gasteiger partial charge in [-0.25, -0.2) is 4.68 Å². The number of piperidine rings is 1. The van der Waals surface area contributed by atoms with Crippen LogP contribution in [-0.4, -0.2) is 34.0 Å². The van der Waals surface area contributed by atoms with E-state index in [1.165, 1.54) is 0 Å². The molecule has 142 valence electrons. The van der Waals surface area contributed by atoms with Gasteiger partial charge in [-0.05, 0) is 60.5 Å². The van der Waals surface area contributed by atoms with Crippen LogP contribution in [0.25, 0.3) is 0 Å². The summed E-state index contributed by atoms with van der Waals surface area (Å²) in [5, 5.41) is 15.8. The summed E-state index contributed by atoms with van der Waals surface area (Å²) in [4.78, 5) is 14.9. The van der Waals surface area contributed by atoms with Crippen LogP contribution in [0.3, 0.4) is 0 Å². The Kier molecular flexibility index (Phi) is 6.60. The van der Waals surface area contributed by atoms with Crippen LogP contribution in [0.2, 0.25) is 0 Å². The Morgan fingerprint density at radius 3 is 2.70 bits per heavy atom. The van der Waals surface area contributed by atoms with Crippen molar-refractivity contribution in [3.63, 3.8) is 0 Å². The Morgan fingerprint density at radius 1 is 1.22 bits per heavy atom. The van der Waals surface area contributed by atoms with Crippen molar-refractivity contribution in [3.05, 3.63) is 64.6 Å². The Balaban J connectivity index is 0.00000210. The second-order valence-corrected chi connectivity index (χ2v) is 7.20.